The number of rotatable bonds is 5. The molecule has 0 unspecified atom stereocenters. The van der Waals surface area contributed by atoms with Crippen LogP contribution < -0.4 is 9.62 Å². The van der Waals surface area contributed by atoms with Gasteiger partial charge in [0.25, 0.3) is 0 Å². The summed E-state index contributed by atoms with van der Waals surface area (Å²) >= 11 is 5.82. The van der Waals surface area contributed by atoms with Gasteiger partial charge in [0.05, 0.1) is 30.1 Å². The lowest BCUT2D eigenvalue weighted by molar-refractivity contribution is -0.902. The molecule has 0 aliphatic carbocycles. The van der Waals surface area contributed by atoms with Crippen molar-refractivity contribution in [3.8, 4) is 0 Å². The maximum atomic E-state index is 12.5. The molecule has 4 nitrogen and oxygen atoms in total. The highest BCUT2D eigenvalue weighted by Crippen LogP contribution is 2.16. The lowest BCUT2D eigenvalue weighted by Crippen LogP contribution is -3.14. The molecule has 1 aromatic carbocycles. The fourth-order valence-electron chi connectivity index (χ4n) is 3.10. The van der Waals surface area contributed by atoms with E-state index in [2.05, 4.69) is 4.72 Å². The van der Waals surface area contributed by atoms with Gasteiger partial charge in [-0.3, -0.25) is 0 Å². The van der Waals surface area contributed by atoms with Gasteiger partial charge in [0, 0.05) is 5.02 Å². The number of hydrogen-bond acceptors (Lipinski definition) is 2. The normalized spacial score (nSPS) is 18.1. The van der Waals surface area contributed by atoms with E-state index in [9.17, 15) is 8.42 Å². The smallest absolute Gasteiger partial charge is 0.241 e. The van der Waals surface area contributed by atoms with E-state index in [0.717, 1.165) is 19.6 Å². The minimum absolute atomic E-state index is 0.260. The van der Waals surface area contributed by atoms with E-state index in [1.54, 1.807) is 24.3 Å². The lowest BCUT2D eigenvalue weighted by Gasteiger charge is -2.30. The first-order valence-electron chi connectivity index (χ1n) is 7.92. The molecule has 1 aliphatic heterocycles. The van der Waals surface area contributed by atoms with Gasteiger partial charge in [-0.2, -0.15) is 4.72 Å². The van der Waals surface area contributed by atoms with Gasteiger partial charge in [-0.05, 0) is 63.8 Å². The van der Waals surface area contributed by atoms with Crippen molar-refractivity contribution in [3.63, 3.8) is 0 Å². The molecule has 0 atom stereocenters. The lowest BCUT2D eigenvalue weighted by atomic mass is 10.1. The molecule has 1 heterocycles. The Bertz CT molecular complexity index is 577. The maximum absolute atomic E-state index is 12.5. The Morgan fingerprint density at radius 1 is 1.09 bits per heavy atom. The molecular weight excluding hydrogens is 320 g/mol. The monoisotopic (exact) mass is 345 g/mol. The minimum Gasteiger partial charge on any atom is -0.333 e. The minimum atomic E-state index is -3.52. The Morgan fingerprint density at radius 3 is 2.18 bits per heavy atom. The number of benzene rings is 1. The second-order valence-electron chi connectivity index (χ2n) is 6.78. The summed E-state index contributed by atoms with van der Waals surface area (Å²) in [5, 5.41) is 0.534. The van der Waals surface area contributed by atoms with Crippen LogP contribution in [0.5, 0.6) is 0 Å². The highest BCUT2D eigenvalue weighted by molar-refractivity contribution is 7.89. The molecule has 0 aromatic heterocycles. The van der Waals surface area contributed by atoms with Crippen LogP contribution in [0.3, 0.4) is 0 Å². The van der Waals surface area contributed by atoms with Crippen LogP contribution in [0.4, 0.5) is 0 Å². The van der Waals surface area contributed by atoms with Crippen molar-refractivity contribution in [1.29, 1.82) is 0 Å². The van der Waals surface area contributed by atoms with Crippen molar-refractivity contribution in [2.75, 3.05) is 19.6 Å². The Hall–Kier alpha value is -0.620. The third-order valence-electron chi connectivity index (χ3n) is 4.04. The molecule has 0 saturated carbocycles. The topological polar surface area (TPSA) is 50.6 Å². The SMILES string of the molecule is CC(C)(C[NH+]1CCCCCC1)NS(=O)(=O)c1ccc(Cl)cc1. The van der Waals surface area contributed by atoms with E-state index in [1.165, 1.54) is 30.6 Å². The van der Waals surface area contributed by atoms with Gasteiger partial charge >= 0.3 is 0 Å². The van der Waals surface area contributed by atoms with E-state index >= 15 is 0 Å². The van der Waals surface area contributed by atoms with Gasteiger partial charge in [0.1, 0.15) is 0 Å². The van der Waals surface area contributed by atoms with Crippen molar-refractivity contribution in [2.24, 2.45) is 0 Å². The van der Waals surface area contributed by atoms with Gasteiger partial charge in [0.2, 0.25) is 10.0 Å². The molecule has 2 N–H and O–H groups in total. The van der Waals surface area contributed by atoms with Crippen LogP contribution in [0.1, 0.15) is 39.5 Å². The molecule has 1 saturated heterocycles. The Kier molecular flexibility index (Phi) is 5.88. The average Bonchev–Trinajstić information content (AvgIpc) is 2.66. The van der Waals surface area contributed by atoms with Crippen molar-refractivity contribution >= 4 is 21.6 Å². The summed E-state index contributed by atoms with van der Waals surface area (Å²) < 4.78 is 27.9. The molecular formula is C16H26ClN2O2S+. The van der Waals surface area contributed by atoms with Crippen LogP contribution >= 0.6 is 11.6 Å². The zero-order valence-corrected chi connectivity index (χ0v) is 14.9. The number of hydrogen-bond donors (Lipinski definition) is 2. The number of likely N-dealkylation sites (tertiary alicyclic amines) is 1. The highest BCUT2D eigenvalue weighted by Gasteiger charge is 2.30. The summed E-state index contributed by atoms with van der Waals surface area (Å²) in [6.45, 7) is 6.98. The summed E-state index contributed by atoms with van der Waals surface area (Å²) in [6.07, 6.45) is 5.05. The van der Waals surface area contributed by atoms with Gasteiger partial charge in [-0.15, -0.1) is 0 Å². The first-order chi connectivity index (χ1) is 10.3. The molecule has 2 rings (SSSR count). The second-order valence-corrected chi connectivity index (χ2v) is 8.90. The molecule has 1 aliphatic rings. The highest BCUT2D eigenvalue weighted by atomic mass is 35.5. The fourth-order valence-corrected chi connectivity index (χ4v) is 4.64. The standard InChI is InChI=1S/C16H25ClN2O2S/c1-16(2,13-19-11-5-3-4-6-12-19)18-22(20,21)15-9-7-14(17)8-10-15/h7-10,18H,3-6,11-13H2,1-2H3/p+1. The van der Waals surface area contributed by atoms with Crippen molar-refractivity contribution in [2.45, 2.75) is 50.0 Å². The third kappa shape index (κ3) is 5.23. The van der Waals surface area contributed by atoms with Crippen molar-refractivity contribution in [1.82, 2.24) is 4.72 Å². The molecule has 22 heavy (non-hydrogen) atoms. The van der Waals surface area contributed by atoms with Crippen molar-refractivity contribution in [3.05, 3.63) is 29.3 Å². The van der Waals surface area contributed by atoms with Gasteiger partial charge in [0.15, 0.2) is 0 Å². The number of nitrogens with one attached hydrogen (secondary N) is 2. The summed E-state index contributed by atoms with van der Waals surface area (Å²) in [5.74, 6) is 0. The number of sulfonamides is 1. The van der Waals surface area contributed by atoms with Gasteiger partial charge in [-0.25, -0.2) is 8.42 Å². The van der Waals surface area contributed by atoms with Gasteiger partial charge < -0.3 is 4.90 Å². The summed E-state index contributed by atoms with van der Waals surface area (Å²) in [7, 11) is -3.52. The molecule has 0 radical (unpaired) electrons. The average molecular weight is 346 g/mol. The van der Waals surface area contributed by atoms with E-state index in [4.69, 9.17) is 11.6 Å². The molecule has 0 spiro atoms. The van der Waals surface area contributed by atoms with Crippen LogP contribution in [0.2, 0.25) is 5.02 Å². The first kappa shape index (κ1) is 17.7. The van der Waals surface area contributed by atoms with Crippen molar-refractivity contribution < 1.29 is 13.3 Å². The van der Waals surface area contributed by atoms with Crippen LogP contribution in [0, 0.1) is 0 Å². The molecule has 1 fully saturated rings. The quantitative estimate of drug-likeness (QED) is 0.855. The zero-order chi connectivity index (χ0) is 16.2. The third-order valence-corrected chi connectivity index (χ3v) is 6.00. The largest absolute Gasteiger partial charge is 0.333 e. The molecule has 1 aromatic rings. The Balaban J connectivity index is 2.04. The van der Waals surface area contributed by atoms with E-state index < -0.39 is 15.6 Å². The summed E-state index contributed by atoms with van der Waals surface area (Å²) in [6, 6.07) is 6.28. The Labute approximate surface area is 138 Å². The van der Waals surface area contributed by atoms with E-state index in [-0.39, 0.29) is 4.90 Å². The fraction of sp³-hybridized carbons (Fsp3) is 0.625. The Morgan fingerprint density at radius 2 is 1.64 bits per heavy atom. The van der Waals surface area contributed by atoms with E-state index in [1.807, 2.05) is 13.8 Å². The molecule has 0 bridgehead atoms. The summed E-state index contributed by atoms with van der Waals surface area (Å²) in [4.78, 5) is 1.75. The zero-order valence-electron chi connectivity index (χ0n) is 13.4. The number of halogens is 1. The van der Waals surface area contributed by atoms with Gasteiger partial charge in [-0.1, -0.05) is 11.6 Å². The molecule has 124 valence electrons. The van der Waals surface area contributed by atoms with Crippen LogP contribution in [-0.2, 0) is 10.0 Å². The number of quaternary nitrogens is 1. The molecule has 0 amide bonds. The maximum Gasteiger partial charge on any atom is 0.241 e. The molecule has 6 heteroatoms. The van der Waals surface area contributed by atoms with Crippen LogP contribution in [0.15, 0.2) is 29.2 Å². The van der Waals surface area contributed by atoms with Crippen LogP contribution in [0.25, 0.3) is 0 Å². The van der Waals surface area contributed by atoms with Crippen LogP contribution in [-0.4, -0.2) is 33.6 Å². The first-order valence-corrected chi connectivity index (χ1v) is 9.78. The predicted molar refractivity (Wildman–Crippen MR) is 89.9 cm³/mol. The van der Waals surface area contributed by atoms with E-state index in [0.29, 0.717) is 5.02 Å². The second kappa shape index (κ2) is 7.30. The predicted octanol–water partition coefficient (Wildman–Crippen LogP) is 1.86. The summed E-state index contributed by atoms with van der Waals surface area (Å²) in [5.41, 5.74) is -0.474.